The van der Waals surface area contributed by atoms with Crippen LogP contribution in [0.2, 0.25) is 0 Å². The maximum absolute atomic E-state index is 12.0. The first kappa shape index (κ1) is 18.2. The van der Waals surface area contributed by atoms with Gasteiger partial charge in [0.15, 0.2) is 9.84 Å². The topological polar surface area (TPSA) is 101 Å². The predicted octanol–water partition coefficient (Wildman–Crippen LogP) is 1.30. The molecule has 1 aromatic rings. The van der Waals surface area contributed by atoms with Crippen LogP contribution >= 0.6 is 0 Å². The Bertz CT molecular complexity index is 752. The Kier molecular flexibility index (Phi) is 5.12. The van der Waals surface area contributed by atoms with Gasteiger partial charge in [0.05, 0.1) is 9.82 Å². The van der Waals surface area contributed by atoms with Crippen molar-refractivity contribution < 1.29 is 18.1 Å². The molecule has 8 nitrogen and oxygen atoms in total. The largest absolute Gasteiger partial charge is 0.366 e. The van der Waals surface area contributed by atoms with E-state index in [1.54, 1.807) is 19.0 Å². The monoisotopic (exact) mass is 355 g/mol. The highest BCUT2D eigenvalue weighted by atomic mass is 32.2. The molecular formula is C15H21N3O5S. The van der Waals surface area contributed by atoms with Crippen LogP contribution in [0.5, 0.6) is 0 Å². The van der Waals surface area contributed by atoms with Crippen LogP contribution in [0.4, 0.5) is 11.4 Å². The molecule has 1 heterocycles. The predicted molar refractivity (Wildman–Crippen MR) is 89.8 cm³/mol. The van der Waals surface area contributed by atoms with Gasteiger partial charge in [0.2, 0.25) is 5.91 Å². The summed E-state index contributed by atoms with van der Waals surface area (Å²) in [6.07, 6.45) is 2.24. The van der Waals surface area contributed by atoms with Gasteiger partial charge >= 0.3 is 0 Å². The minimum absolute atomic E-state index is 0.0663. The first-order chi connectivity index (χ1) is 11.1. The maximum atomic E-state index is 12.0. The summed E-state index contributed by atoms with van der Waals surface area (Å²) in [5.41, 5.74) is 0.165. The van der Waals surface area contributed by atoms with Crippen LogP contribution in [-0.2, 0) is 14.6 Å². The quantitative estimate of drug-likeness (QED) is 0.596. The molecule has 1 aliphatic rings. The van der Waals surface area contributed by atoms with Crippen LogP contribution in [0.25, 0.3) is 0 Å². The molecule has 24 heavy (non-hydrogen) atoms. The number of anilines is 1. The van der Waals surface area contributed by atoms with Crippen molar-refractivity contribution in [3.63, 3.8) is 0 Å². The maximum Gasteiger partial charge on any atom is 0.293 e. The van der Waals surface area contributed by atoms with Gasteiger partial charge in [-0.1, -0.05) is 0 Å². The van der Waals surface area contributed by atoms with Crippen molar-refractivity contribution in [3.05, 3.63) is 28.3 Å². The van der Waals surface area contributed by atoms with E-state index in [4.69, 9.17) is 0 Å². The molecule has 1 amide bonds. The second kappa shape index (κ2) is 6.76. The highest BCUT2D eigenvalue weighted by Crippen LogP contribution is 2.33. The lowest BCUT2D eigenvalue weighted by atomic mass is 9.95. The first-order valence-electron chi connectivity index (χ1n) is 7.56. The lowest BCUT2D eigenvalue weighted by Gasteiger charge is -2.33. The molecule has 1 aliphatic heterocycles. The van der Waals surface area contributed by atoms with Gasteiger partial charge in [0, 0.05) is 45.4 Å². The fraction of sp³-hybridized carbons (Fsp3) is 0.533. The molecule has 132 valence electrons. The highest BCUT2D eigenvalue weighted by molar-refractivity contribution is 7.90. The fourth-order valence-corrected chi connectivity index (χ4v) is 3.52. The van der Waals surface area contributed by atoms with Crippen molar-refractivity contribution in [2.45, 2.75) is 17.7 Å². The summed E-state index contributed by atoms with van der Waals surface area (Å²) in [6.45, 7) is 1.03. The van der Waals surface area contributed by atoms with Gasteiger partial charge in [-0.2, -0.15) is 0 Å². The summed E-state index contributed by atoms with van der Waals surface area (Å²) in [6, 6.07) is 3.96. The molecule has 0 unspecified atom stereocenters. The number of nitro benzene ring substituents is 1. The normalized spacial score (nSPS) is 16.0. The van der Waals surface area contributed by atoms with Gasteiger partial charge in [-0.05, 0) is 25.0 Å². The summed E-state index contributed by atoms with van der Waals surface area (Å²) >= 11 is 0. The Labute approximate surface area is 141 Å². The molecule has 9 heteroatoms. The standard InChI is InChI=1S/C15H21N3O5S/c1-16(2)15(19)11-6-8-17(9-7-11)13-5-4-12(24(3,22)23)10-14(13)18(20)21/h4-5,10-11H,6-9H2,1-3H3. The van der Waals surface area contributed by atoms with E-state index in [0.29, 0.717) is 31.6 Å². The van der Waals surface area contributed by atoms with Crippen molar-refractivity contribution >= 4 is 27.1 Å². The van der Waals surface area contributed by atoms with Crippen LogP contribution in [-0.4, -0.2) is 57.6 Å². The zero-order valence-electron chi connectivity index (χ0n) is 13.9. The van der Waals surface area contributed by atoms with Crippen molar-refractivity contribution in [1.82, 2.24) is 4.90 Å². The van der Waals surface area contributed by atoms with Crippen LogP contribution in [0.3, 0.4) is 0 Å². The van der Waals surface area contributed by atoms with E-state index in [-0.39, 0.29) is 22.4 Å². The smallest absolute Gasteiger partial charge is 0.293 e. The molecule has 0 aliphatic carbocycles. The van der Waals surface area contributed by atoms with Crippen LogP contribution in [0.15, 0.2) is 23.1 Å². The summed E-state index contributed by atoms with van der Waals surface area (Å²) in [7, 11) is -0.0855. The molecule has 1 fully saturated rings. The summed E-state index contributed by atoms with van der Waals surface area (Å²) in [5, 5.41) is 11.3. The van der Waals surface area contributed by atoms with E-state index in [1.165, 1.54) is 12.1 Å². The van der Waals surface area contributed by atoms with Gasteiger partial charge < -0.3 is 9.80 Å². The molecule has 1 saturated heterocycles. The number of benzene rings is 1. The van der Waals surface area contributed by atoms with E-state index < -0.39 is 14.8 Å². The van der Waals surface area contributed by atoms with Crippen molar-refractivity contribution in [2.75, 3.05) is 38.3 Å². The van der Waals surface area contributed by atoms with E-state index in [1.807, 2.05) is 4.90 Å². The number of carbonyl (C=O) groups excluding carboxylic acids is 1. The minimum Gasteiger partial charge on any atom is -0.366 e. The Hall–Kier alpha value is -2.16. The molecule has 0 atom stereocenters. The number of hydrogen-bond acceptors (Lipinski definition) is 6. The second-order valence-corrected chi connectivity index (χ2v) is 8.19. The third-order valence-electron chi connectivity index (χ3n) is 4.20. The molecule has 1 aromatic carbocycles. The fourth-order valence-electron chi connectivity index (χ4n) is 2.88. The third kappa shape index (κ3) is 3.84. The number of rotatable bonds is 4. The van der Waals surface area contributed by atoms with Crippen molar-refractivity contribution in [3.8, 4) is 0 Å². The van der Waals surface area contributed by atoms with Crippen LogP contribution < -0.4 is 4.90 Å². The summed E-state index contributed by atoms with van der Waals surface area (Å²) < 4.78 is 23.2. The zero-order chi connectivity index (χ0) is 18.1. The Balaban J connectivity index is 2.24. The third-order valence-corrected chi connectivity index (χ3v) is 5.31. The Morgan fingerprint density at radius 3 is 2.33 bits per heavy atom. The van der Waals surface area contributed by atoms with Crippen LogP contribution in [0.1, 0.15) is 12.8 Å². The summed E-state index contributed by atoms with van der Waals surface area (Å²) in [5.74, 6) is -0.0119. The van der Waals surface area contributed by atoms with Gasteiger partial charge in [-0.25, -0.2) is 8.42 Å². The van der Waals surface area contributed by atoms with Crippen molar-refractivity contribution in [2.24, 2.45) is 5.92 Å². The number of amides is 1. The zero-order valence-corrected chi connectivity index (χ0v) is 14.7. The summed E-state index contributed by atoms with van der Waals surface area (Å²) in [4.78, 5) is 26.1. The molecular weight excluding hydrogens is 334 g/mol. The number of nitro groups is 1. The lowest BCUT2D eigenvalue weighted by Crippen LogP contribution is -2.40. The van der Waals surface area contributed by atoms with Gasteiger partial charge in [0.25, 0.3) is 5.69 Å². The lowest BCUT2D eigenvalue weighted by molar-refractivity contribution is -0.384. The Morgan fingerprint density at radius 2 is 1.88 bits per heavy atom. The van der Waals surface area contributed by atoms with E-state index in [0.717, 1.165) is 12.3 Å². The second-order valence-electron chi connectivity index (χ2n) is 6.17. The van der Waals surface area contributed by atoms with Gasteiger partial charge in [-0.15, -0.1) is 0 Å². The average Bonchev–Trinajstić information content (AvgIpc) is 2.52. The molecule has 2 rings (SSSR count). The Morgan fingerprint density at radius 1 is 1.29 bits per heavy atom. The molecule has 0 spiro atoms. The molecule has 0 radical (unpaired) electrons. The highest BCUT2D eigenvalue weighted by Gasteiger charge is 2.29. The van der Waals surface area contributed by atoms with Gasteiger partial charge in [0.1, 0.15) is 5.69 Å². The van der Waals surface area contributed by atoms with Crippen molar-refractivity contribution in [1.29, 1.82) is 0 Å². The number of piperidine rings is 1. The SMILES string of the molecule is CN(C)C(=O)C1CCN(c2ccc(S(C)(=O)=O)cc2[N+](=O)[O-])CC1. The average molecular weight is 355 g/mol. The number of hydrogen-bond donors (Lipinski definition) is 0. The van der Waals surface area contributed by atoms with Gasteiger partial charge in [-0.3, -0.25) is 14.9 Å². The number of carbonyl (C=O) groups is 1. The molecule has 0 aromatic heterocycles. The van der Waals surface area contributed by atoms with E-state index in [9.17, 15) is 23.3 Å². The van der Waals surface area contributed by atoms with E-state index in [2.05, 4.69) is 0 Å². The van der Waals surface area contributed by atoms with E-state index >= 15 is 0 Å². The molecule has 0 N–H and O–H groups in total. The number of sulfone groups is 1. The minimum atomic E-state index is -3.51. The molecule has 0 saturated carbocycles. The van der Waals surface area contributed by atoms with Crippen LogP contribution in [0, 0.1) is 16.0 Å². The number of nitrogens with zero attached hydrogens (tertiary/aromatic N) is 3. The first-order valence-corrected chi connectivity index (χ1v) is 9.45. The molecule has 0 bridgehead atoms.